The second-order valence-corrected chi connectivity index (χ2v) is 5.38. The summed E-state index contributed by atoms with van der Waals surface area (Å²) in [5.41, 5.74) is 6.15. The van der Waals surface area contributed by atoms with Crippen LogP contribution in [0, 0.1) is 0 Å². The third kappa shape index (κ3) is 4.85. The molecule has 1 aromatic heterocycles. The summed E-state index contributed by atoms with van der Waals surface area (Å²) in [5, 5.41) is 4.01. The molecule has 20 heavy (non-hydrogen) atoms. The van der Waals surface area contributed by atoms with Gasteiger partial charge in [-0.1, -0.05) is 31.3 Å². The Bertz CT molecular complexity index is 377. The van der Waals surface area contributed by atoms with E-state index in [2.05, 4.69) is 22.0 Å². The molecule has 0 saturated carbocycles. The lowest BCUT2D eigenvalue weighted by Gasteiger charge is -2.27. The lowest BCUT2D eigenvalue weighted by molar-refractivity contribution is 0.0348. The number of nitrogens with zero attached hydrogens (tertiary/aromatic N) is 3. The third-order valence-corrected chi connectivity index (χ3v) is 3.62. The molecule has 0 aromatic carbocycles. The summed E-state index contributed by atoms with van der Waals surface area (Å²) < 4.78 is 10.6. The van der Waals surface area contributed by atoms with Gasteiger partial charge in [0, 0.05) is 26.1 Å². The molecule has 114 valence electrons. The molecule has 6 heteroatoms. The van der Waals surface area contributed by atoms with Crippen LogP contribution in [0.5, 0.6) is 0 Å². The van der Waals surface area contributed by atoms with Gasteiger partial charge in [0.2, 0.25) is 5.89 Å². The number of aromatic nitrogens is 2. The number of aryl methyl sites for hydroxylation is 1. The maximum Gasteiger partial charge on any atom is 0.226 e. The van der Waals surface area contributed by atoms with Crippen LogP contribution < -0.4 is 5.73 Å². The van der Waals surface area contributed by atoms with E-state index in [4.69, 9.17) is 15.0 Å². The molecule has 2 rings (SSSR count). The van der Waals surface area contributed by atoms with Gasteiger partial charge < -0.3 is 15.0 Å². The van der Waals surface area contributed by atoms with Gasteiger partial charge in [-0.05, 0) is 6.42 Å². The van der Waals surface area contributed by atoms with Gasteiger partial charge in [-0.25, -0.2) is 0 Å². The summed E-state index contributed by atoms with van der Waals surface area (Å²) in [5.74, 6) is 1.34. The van der Waals surface area contributed by atoms with E-state index in [1.807, 2.05) is 0 Å². The highest BCUT2D eigenvalue weighted by molar-refractivity contribution is 4.94. The minimum atomic E-state index is -0.179. The quantitative estimate of drug-likeness (QED) is 0.728. The summed E-state index contributed by atoms with van der Waals surface area (Å²) in [4.78, 5) is 6.70. The van der Waals surface area contributed by atoms with Gasteiger partial charge >= 0.3 is 0 Å². The van der Waals surface area contributed by atoms with Crippen LogP contribution in [0.1, 0.15) is 50.4 Å². The number of ether oxygens (including phenoxy) is 1. The molecular formula is C14H26N4O2. The van der Waals surface area contributed by atoms with E-state index >= 15 is 0 Å². The van der Waals surface area contributed by atoms with E-state index in [1.165, 1.54) is 19.3 Å². The molecule has 1 aromatic rings. The van der Waals surface area contributed by atoms with Gasteiger partial charge in [-0.3, -0.25) is 4.90 Å². The molecule has 2 heterocycles. The monoisotopic (exact) mass is 282 g/mol. The SMILES string of the molecule is CCCCCCc1nc(C(N)CN2CCOCC2)no1. The smallest absolute Gasteiger partial charge is 0.226 e. The van der Waals surface area contributed by atoms with Crippen LogP contribution in [0.25, 0.3) is 0 Å². The largest absolute Gasteiger partial charge is 0.379 e. The Balaban J connectivity index is 1.75. The lowest BCUT2D eigenvalue weighted by Crippen LogP contribution is -2.40. The zero-order valence-corrected chi connectivity index (χ0v) is 12.4. The molecule has 0 radical (unpaired) electrons. The molecule has 0 aliphatic carbocycles. The zero-order valence-electron chi connectivity index (χ0n) is 12.4. The summed E-state index contributed by atoms with van der Waals surface area (Å²) in [6, 6.07) is -0.179. The molecule has 0 amide bonds. The van der Waals surface area contributed by atoms with Crippen molar-refractivity contribution < 1.29 is 9.26 Å². The fraction of sp³-hybridized carbons (Fsp3) is 0.857. The second-order valence-electron chi connectivity index (χ2n) is 5.38. The highest BCUT2D eigenvalue weighted by Crippen LogP contribution is 2.12. The van der Waals surface area contributed by atoms with Crippen molar-refractivity contribution in [1.82, 2.24) is 15.0 Å². The van der Waals surface area contributed by atoms with E-state index in [9.17, 15) is 0 Å². The average Bonchev–Trinajstić information content (AvgIpc) is 2.94. The first-order chi connectivity index (χ1) is 9.79. The van der Waals surface area contributed by atoms with Crippen molar-refractivity contribution in [3.8, 4) is 0 Å². The van der Waals surface area contributed by atoms with Crippen LogP contribution in [-0.2, 0) is 11.2 Å². The summed E-state index contributed by atoms with van der Waals surface area (Å²) in [7, 11) is 0. The molecule has 1 aliphatic rings. The van der Waals surface area contributed by atoms with Crippen LogP contribution in [0.2, 0.25) is 0 Å². The minimum Gasteiger partial charge on any atom is -0.379 e. The Labute approximate surface area is 120 Å². The second kappa shape index (κ2) is 8.34. The Morgan fingerprint density at radius 2 is 2.05 bits per heavy atom. The Morgan fingerprint density at radius 3 is 2.80 bits per heavy atom. The Morgan fingerprint density at radius 1 is 1.25 bits per heavy atom. The molecule has 1 saturated heterocycles. The van der Waals surface area contributed by atoms with Gasteiger partial charge in [0.15, 0.2) is 5.82 Å². The number of rotatable bonds is 8. The van der Waals surface area contributed by atoms with E-state index in [0.29, 0.717) is 11.7 Å². The van der Waals surface area contributed by atoms with Crippen LogP contribution in [0.15, 0.2) is 4.52 Å². The Kier molecular flexibility index (Phi) is 6.42. The van der Waals surface area contributed by atoms with Gasteiger partial charge in [-0.2, -0.15) is 4.98 Å². The number of morpholine rings is 1. The maximum absolute atomic E-state index is 6.15. The van der Waals surface area contributed by atoms with Crippen LogP contribution in [0.3, 0.4) is 0 Å². The van der Waals surface area contributed by atoms with Gasteiger partial charge in [0.05, 0.1) is 19.3 Å². The van der Waals surface area contributed by atoms with E-state index in [1.54, 1.807) is 0 Å². The molecule has 1 atom stereocenters. The summed E-state index contributed by atoms with van der Waals surface area (Å²) >= 11 is 0. The fourth-order valence-corrected chi connectivity index (χ4v) is 2.37. The van der Waals surface area contributed by atoms with Crippen molar-refractivity contribution in [2.24, 2.45) is 5.73 Å². The number of nitrogens with two attached hydrogens (primary N) is 1. The van der Waals surface area contributed by atoms with Gasteiger partial charge in [0.1, 0.15) is 0 Å². The highest BCUT2D eigenvalue weighted by atomic mass is 16.5. The van der Waals surface area contributed by atoms with Crippen molar-refractivity contribution in [3.63, 3.8) is 0 Å². The fourth-order valence-electron chi connectivity index (χ4n) is 2.37. The van der Waals surface area contributed by atoms with E-state index < -0.39 is 0 Å². The first kappa shape index (κ1) is 15.4. The third-order valence-electron chi connectivity index (χ3n) is 3.62. The normalized spacial score (nSPS) is 18.3. The van der Waals surface area contributed by atoms with Gasteiger partial charge in [-0.15, -0.1) is 0 Å². The highest BCUT2D eigenvalue weighted by Gasteiger charge is 2.19. The van der Waals surface area contributed by atoms with Crippen molar-refractivity contribution in [2.75, 3.05) is 32.8 Å². The number of hydrogen-bond donors (Lipinski definition) is 1. The van der Waals surface area contributed by atoms with Crippen LogP contribution in [-0.4, -0.2) is 47.9 Å². The van der Waals surface area contributed by atoms with Crippen molar-refractivity contribution in [2.45, 2.75) is 45.1 Å². The minimum absolute atomic E-state index is 0.179. The van der Waals surface area contributed by atoms with E-state index in [-0.39, 0.29) is 6.04 Å². The predicted molar refractivity (Wildman–Crippen MR) is 76.3 cm³/mol. The first-order valence-electron chi connectivity index (χ1n) is 7.67. The van der Waals surface area contributed by atoms with Crippen molar-refractivity contribution >= 4 is 0 Å². The zero-order chi connectivity index (χ0) is 14.2. The van der Waals surface area contributed by atoms with Gasteiger partial charge in [0.25, 0.3) is 0 Å². The van der Waals surface area contributed by atoms with Crippen LogP contribution >= 0.6 is 0 Å². The Hall–Kier alpha value is -0.980. The molecule has 1 unspecified atom stereocenters. The predicted octanol–water partition coefficient (Wildman–Crippen LogP) is 1.52. The number of unbranched alkanes of at least 4 members (excludes halogenated alkanes) is 3. The van der Waals surface area contributed by atoms with E-state index in [0.717, 1.165) is 45.7 Å². The topological polar surface area (TPSA) is 77.4 Å². The molecule has 0 spiro atoms. The molecular weight excluding hydrogens is 256 g/mol. The molecule has 6 nitrogen and oxygen atoms in total. The standard InChI is InChI=1S/C14H26N4O2/c1-2-3-4-5-6-13-16-14(17-20-13)12(15)11-18-7-9-19-10-8-18/h12H,2-11,15H2,1H3. The first-order valence-corrected chi connectivity index (χ1v) is 7.67. The molecule has 0 bridgehead atoms. The molecule has 2 N–H and O–H groups in total. The summed E-state index contributed by atoms with van der Waals surface area (Å²) in [6.45, 7) is 6.38. The van der Waals surface area contributed by atoms with Crippen LogP contribution in [0.4, 0.5) is 0 Å². The lowest BCUT2D eigenvalue weighted by atomic mass is 10.1. The summed E-state index contributed by atoms with van der Waals surface area (Å²) in [6.07, 6.45) is 5.68. The number of hydrogen-bond acceptors (Lipinski definition) is 6. The maximum atomic E-state index is 6.15. The van der Waals surface area contributed by atoms with Crippen molar-refractivity contribution in [1.29, 1.82) is 0 Å². The average molecular weight is 282 g/mol. The molecule has 1 fully saturated rings. The molecule has 1 aliphatic heterocycles. The van der Waals surface area contributed by atoms with Crippen molar-refractivity contribution in [3.05, 3.63) is 11.7 Å².